The van der Waals surface area contributed by atoms with E-state index in [2.05, 4.69) is 10.5 Å². The molecule has 1 aromatic rings. The standard InChI is InChI=1S/C6H8N2O2/c9-6-4-1-2-7-3-5(4)10-8-6/h7H,1-3H2,(H,8,9)/i3D2. The van der Waals surface area contributed by atoms with Crippen molar-refractivity contribution < 1.29 is 7.26 Å². The van der Waals surface area contributed by atoms with Crippen molar-refractivity contribution in [1.82, 2.24) is 10.5 Å². The SMILES string of the molecule is [2H]C1([2H])NCCc2c1o[nH]c2=O. The van der Waals surface area contributed by atoms with Gasteiger partial charge in [0.1, 0.15) is 0 Å². The van der Waals surface area contributed by atoms with Gasteiger partial charge in [-0.25, -0.2) is 0 Å². The number of fused-ring (bicyclic) bond motifs is 1. The molecule has 0 fully saturated rings. The van der Waals surface area contributed by atoms with Gasteiger partial charge in [0.05, 0.1) is 14.8 Å². The molecule has 0 saturated heterocycles. The Morgan fingerprint density at radius 1 is 1.70 bits per heavy atom. The first-order valence-corrected chi connectivity index (χ1v) is 3.07. The van der Waals surface area contributed by atoms with Crippen LogP contribution in [0, 0.1) is 0 Å². The molecule has 0 spiro atoms. The zero-order valence-corrected chi connectivity index (χ0v) is 5.23. The molecule has 0 aliphatic carbocycles. The average molecular weight is 142 g/mol. The summed E-state index contributed by atoms with van der Waals surface area (Å²) in [7, 11) is 0. The van der Waals surface area contributed by atoms with Crippen LogP contribution in [-0.2, 0) is 12.9 Å². The molecule has 2 N–H and O–H groups in total. The monoisotopic (exact) mass is 142 g/mol. The predicted molar refractivity (Wildman–Crippen MR) is 34.7 cm³/mol. The summed E-state index contributed by atoms with van der Waals surface area (Å²) in [6.45, 7) is -1.25. The van der Waals surface area contributed by atoms with E-state index in [9.17, 15) is 4.79 Å². The lowest BCUT2D eigenvalue weighted by molar-refractivity contribution is 0.362. The van der Waals surface area contributed by atoms with E-state index < -0.39 is 6.50 Å². The summed E-state index contributed by atoms with van der Waals surface area (Å²) in [6, 6.07) is 0. The van der Waals surface area contributed by atoms with Crippen molar-refractivity contribution in [3.63, 3.8) is 0 Å². The lowest BCUT2D eigenvalue weighted by atomic mass is 10.1. The van der Waals surface area contributed by atoms with E-state index in [0.717, 1.165) is 0 Å². The first-order chi connectivity index (χ1) is 5.61. The summed E-state index contributed by atoms with van der Waals surface area (Å²) in [5.74, 6) is 0.0822. The lowest BCUT2D eigenvalue weighted by Gasteiger charge is -2.07. The van der Waals surface area contributed by atoms with Crippen LogP contribution in [0.5, 0.6) is 0 Å². The molecule has 0 unspecified atom stereocenters. The number of hydrogen-bond donors (Lipinski definition) is 2. The molecule has 1 aliphatic heterocycles. The summed E-state index contributed by atoms with van der Waals surface area (Å²) in [4.78, 5) is 11.0. The summed E-state index contributed by atoms with van der Waals surface area (Å²) in [5.41, 5.74) is 0.0918. The molecule has 0 atom stereocenters. The molecular weight excluding hydrogens is 132 g/mol. The van der Waals surface area contributed by atoms with Crippen molar-refractivity contribution in [2.24, 2.45) is 0 Å². The van der Waals surface area contributed by atoms with Crippen LogP contribution in [0.25, 0.3) is 0 Å². The Morgan fingerprint density at radius 2 is 2.60 bits per heavy atom. The molecule has 0 aromatic carbocycles. The fourth-order valence-electron chi connectivity index (χ4n) is 0.982. The smallest absolute Gasteiger partial charge is 0.283 e. The molecule has 10 heavy (non-hydrogen) atoms. The molecule has 54 valence electrons. The Balaban J connectivity index is 2.61. The molecule has 0 saturated carbocycles. The van der Waals surface area contributed by atoms with Crippen LogP contribution in [0.2, 0.25) is 0 Å². The molecule has 0 radical (unpaired) electrons. The van der Waals surface area contributed by atoms with Gasteiger partial charge in [-0.05, 0) is 13.0 Å². The highest BCUT2D eigenvalue weighted by Gasteiger charge is 2.15. The van der Waals surface area contributed by atoms with Crippen molar-refractivity contribution in [1.29, 1.82) is 0 Å². The zero-order valence-electron chi connectivity index (χ0n) is 7.23. The topological polar surface area (TPSA) is 58.0 Å². The Hall–Kier alpha value is -1.03. The Kier molecular flexibility index (Phi) is 0.789. The van der Waals surface area contributed by atoms with Gasteiger partial charge in [-0.2, -0.15) is 5.16 Å². The molecule has 0 bridgehead atoms. The minimum Gasteiger partial charge on any atom is -0.382 e. The van der Waals surface area contributed by atoms with Gasteiger partial charge in [-0.15, -0.1) is 0 Å². The zero-order chi connectivity index (χ0) is 8.77. The second kappa shape index (κ2) is 1.98. The van der Waals surface area contributed by atoms with Gasteiger partial charge in [-0.1, -0.05) is 0 Å². The Bertz CT molecular complexity index is 355. The molecule has 2 rings (SSSR count). The maximum atomic E-state index is 11.0. The van der Waals surface area contributed by atoms with Crippen LogP contribution in [-0.4, -0.2) is 11.7 Å². The second-order valence-electron chi connectivity index (χ2n) is 2.14. The quantitative estimate of drug-likeness (QED) is 0.519. The number of nitrogens with one attached hydrogen (secondary N) is 2. The van der Waals surface area contributed by atoms with Crippen molar-refractivity contribution in [2.45, 2.75) is 12.9 Å². The van der Waals surface area contributed by atoms with Gasteiger partial charge in [0.15, 0.2) is 5.76 Å². The number of aromatic nitrogens is 1. The van der Waals surface area contributed by atoms with E-state index in [1.165, 1.54) is 0 Å². The molecule has 4 nitrogen and oxygen atoms in total. The van der Waals surface area contributed by atoms with Crippen LogP contribution >= 0.6 is 0 Å². The van der Waals surface area contributed by atoms with Gasteiger partial charge in [0.25, 0.3) is 5.56 Å². The second-order valence-corrected chi connectivity index (χ2v) is 2.14. The fourth-order valence-corrected chi connectivity index (χ4v) is 0.982. The van der Waals surface area contributed by atoms with Crippen LogP contribution in [0.15, 0.2) is 9.32 Å². The van der Waals surface area contributed by atoms with Crippen molar-refractivity contribution >= 4 is 0 Å². The van der Waals surface area contributed by atoms with Crippen LogP contribution in [0.3, 0.4) is 0 Å². The lowest BCUT2D eigenvalue weighted by Crippen LogP contribution is -2.25. The Labute approximate surface area is 60.0 Å². The van der Waals surface area contributed by atoms with E-state index in [1.54, 1.807) is 0 Å². The van der Waals surface area contributed by atoms with Gasteiger partial charge in [0, 0.05) is 0 Å². The van der Waals surface area contributed by atoms with Crippen LogP contribution < -0.4 is 10.9 Å². The van der Waals surface area contributed by atoms with Gasteiger partial charge in [0.2, 0.25) is 0 Å². The normalized spacial score (nSPS) is 24.8. The molecule has 0 amide bonds. The molecule has 4 heteroatoms. The molecular formula is C6H8N2O2. The largest absolute Gasteiger partial charge is 0.382 e. The number of H-pyrrole nitrogens is 1. The van der Waals surface area contributed by atoms with Crippen molar-refractivity contribution in [3.8, 4) is 0 Å². The molecule has 2 heterocycles. The van der Waals surface area contributed by atoms with Gasteiger partial charge >= 0.3 is 0 Å². The number of rotatable bonds is 0. The van der Waals surface area contributed by atoms with Crippen molar-refractivity contribution in [2.75, 3.05) is 6.54 Å². The third kappa shape index (κ3) is 0.690. The number of aromatic amines is 1. The summed E-state index contributed by atoms with van der Waals surface area (Å²) in [5, 5.41) is 4.73. The first-order valence-electron chi connectivity index (χ1n) is 4.07. The third-order valence-corrected chi connectivity index (χ3v) is 1.50. The van der Waals surface area contributed by atoms with E-state index >= 15 is 0 Å². The summed E-state index contributed by atoms with van der Waals surface area (Å²) >= 11 is 0. The highest BCUT2D eigenvalue weighted by molar-refractivity contribution is 5.16. The summed E-state index contributed by atoms with van der Waals surface area (Å²) in [6.07, 6.45) is 0.515. The Morgan fingerprint density at radius 3 is 3.40 bits per heavy atom. The molecule has 1 aromatic heterocycles. The number of hydrogen-bond acceptors (Lipinski definition) is 3. The highest BCUT2D eigenvalue weighted by atomic mass is 16.5. The third-order valence-electron chi connectivity index (χ3n) is 1.50. The van der Waals surface area contributed by atoms with Crippen LogP contribution in [0.4, 0.5) is 0 Å². The predicted octanol–water partition coefficient (Wildman–Crippen LogP) is -0.386. The molecule has 1 aliphatic rings. The minimum absolute atomic E-state index is 0.0822. The maximum Gasteiger partial charge on any atom is 0.283 e. The van der Waals surface area contributed by atoms with E-state index in [1.807, 2.05) is 0 Å². The summed E-state index contributed by atoms with van der Waals surface area (Å²) < 4.78 is 19.6. The average Bonchev–Trinajstić information content (AvgIpc) is 2.33. The first kappa shape index (κ1) is 3.98. The van der Waals surface area contributed by atoms with E-state index in [0.29, 0.717) is 18.5 Å². The van der Waals surface area contributed by atoms with E-state index in [4.69, 9.17) is 7.26 Å². The fraction of sp³-hybridized carbons (Fsp3) is 0.500. The van der Waals surface area contributed by atoms with Crippen molar-refractivity contribution in [3.05, 3.63) is 21.7 Å². The van der Waals surface area contributed by atoms with Gasteiger partial charge in [-0.3, -0.25) is 4.79 Å². The minimum atomic E-state index is -1.72. The van der Waals surface area contributed by atoms with E-state index in [-0.39, 0.29) is 11.3 Å². The van der Waals surface area contributed by atoms with Crippen LogP contribution in [0.1, 0.15) is 14.1 Å². The van der Waals surface area contributed by atoms with Gasteiger partial charge < -0.3 is 9.84 Å². The maximum absolute atomic E-state index is 11.0. The highest BCUT2D eigenvalue weighted by Crippen LogP contribution is 2.06.